The third kappa shape index (κ3) is 3.00. The van der Waals surface area contributed by atoms with Gasteiger partial charge in [-0.05, 0) is 24.6 Å². The van der Waals surface area contributed by atoms with E-state index in [1.807, 2.05) is 26.1 Å². The van der Waals surface area contributed by atoms with Gasteiger partial charge in [-0.25, -0.2) is 14.4 Å². The van der Waals surface area contributed by atoms with E-state index in [9.17, 15) is 4.39 Å². The van der Waals surface area contributed by atoms with Gasteiger partial charge < -0.3 is 5.32 Å². The lowest BCUT2D eigenvalue weighted by Gasteiger charge is -2.05. The normalized spacial score (nSPS) is 10.3. The van der Waals surface area contributed by atoms with Crippen LogP contribution in [0.25, 0.3) is 0 Å². The second-order valence-corrected chi connectivity index (χ2v) is 3.87. The first kappa shape index (κ1) is 11.5. The van der Waals surface area contributed by atoms with Crippen LogP contribution in [0.5, 0.6) is 0 Å². The first-order valence-electron chi connectivity index (χ1n) is 5.44. The van der Waals surface area contributed by atoms with E-state index in [2.05, 4.69) is 15.3 Å². The second kappa shape index (κ2) is 4.91. The van der Waals surface area contributed by atoms with Gasteiger partial charge in [0.05, 0.1) is 0 Å². The first-order chi connectivity index (χ1) is 8.17. The average Bonchev–Trinajstić information content (AvgIpc) is 2.28. The standard InChI is InChI=1S/C13H14FN3/c1-9-6-12(15-2)17-13(16-9)8-10-4-3-5-11(14)7-10/h3-7H,8H2,1-2H3,(H,15,16,17). The number of aromatic nitrogens is 2. The number of hydrogen-bond donors (Lipinski definition) is 1. The maximum absolute atomic E-state index is 13.0. The van der Waals surface area contributed by atoms with Crippen molar-refractivity contribution in [1.82, 2.24) is 9.97 Å². The van der Waals surface area contributed by atoms with E-state index in [-0.39, 0.29) is 5.82 Å². The van der Waals surface area contributed by atoms with E-state index in [0.29, 0.717) is 12.2 Å². The van der Waals surface area contributed by atoms with Crippen LogP contribution in [0.4, 0.5) is 10.2 Å². The fourth-order valence-corrected chi connectivity index (χ4v) is 1.67. The summed E-state index contributed by atoms with van der Waals surface area (Å²) in [5.41, 5.74) is 1.77. The predicted octanol–water partition coefficient (Wildman–Crippen LogP) is 2.56. The molecule has 2 rings (SSSR count). The number of halogens is 1. The summed E-state index contributed by atoms with van der Waals surface area (Å²) in [5, 5.41) is 2.98. The number of aryl methyl sites for hydroxylation is 1. The molecule has 0 fully saturated rings. The van der Waals surface area contributed by atoms with Gasteiger partial charge in [0, 0.05) is 25.2 Å². The third-order valence-electron chi connectivity index (χ3n) is 2.41. The largest absolute Gasteiger partial charge is 0.373 e. The highest BCUT2D eigenvalue weighted by Gasteiger charge is 2.03. The summed E-state index contributed by atoms with van der Waals surface area (Å²) < 4.78 is 13.0. The van der Waals surface area contributed by atoms with E-state index in [4.69, 9.17) is 0 Å². The molecule has 0 aliphatic heterocycles. The van der Waals surface area contributed by atoms with E-state index >= 15 is 0 Å². The molecule has 0 aliphatic carbocycles. The van der Waals surface area contributed by atoms with Crippen LogP contribution in [0.2, 0.25) is 0 Å². The van der Waals surface area contributed by atoms with Crippen LogP contribution in [-0.4, -0.2) is 17.0 Å². The fraction of sp³-hybridized carbons (Fsp3) is 0.231. The zero-order valence-corrected chi connectivity index (χ0v) is 9.87. The third-order valence-corrected chi connectivity index (χ3v) is 2.41. The Morgan fingerprint density at radius 3 is 2.76 bits per heavy atom. The molecule has 0 radical (unpaired) electrons. The average molecular weight is 231 g/mol. The summed E-state index contributed by atoms with van der Waals surface area (Å²) in [7, 11) is 1.81. The minimum Gasteiger partial charge on any atom is -0.373 e. The molecule has 1 heterocycles. The van der Waals surface area contributed by atoms with Crippen molar-refractivity contribution in [1.29, 1.82) is 0 Å². The van der Waals surface area contributed by atoms with Crippen molar-refractivity contribution in [3.05, 3.63) is 53.2 Å². The quantitative estimate of drug-likeness (QED) is 0.882. The van der Waals surface area contributed by atoms with Crippen molar-refractivity contribution < 1.29 is 4.39 Å². The molecule has 1 aromatic carbocycles. The van der Waals surface area contributed by atoms with Gasteiger partial charge >= 0.3 is 0 Å². The van der Waals surface area contributed by atoms with Crippen LogP contribution in [0.1, 0.15) is 17.1 Å². The molecule has 88 valence electrons. The summed E-state index contributed by atoms with van der Waals surface area (Å²) in [6, 6.07) is 8.37. The van der Waals surface area contributed by atoms with Gasteiger partial charge in [0.1, 0.15) is 17.5 Å². The summed E-state index contributed by atoms with van der Waals surface area (Å²) >= 11 is 0. The summed E-state index contributed by atoms with van der Waals surface area (Å²) in [6.07, 6.45) is 0.536. The molecular weight excluding hydrogens is 217 g/mol. The van der Waals surface area contributed by atoms with Crippen LogP contribution in [-0.2, 0) is 6.42 Å². The Hall–Kier alpha value is -1.97. The highest BCUT2D eigenvalue weighted by molar-refractivity contribution is 5.35. The Morgan fingerprint density at radius 2 is 2.06 bits per heavy atom. The summed E-state index contributed by atoms with van der Waals surface area (Å²) in [6.45, 7) is 1.91. The Labute approximate surface area is 99.7 Å². The number of hydrogen-bond acceptors (Lipinski definition) is 3. The van der Waals surface area contributed by atoms with Crippen molar-refractivity contribution in [3.63, 3.8) is 0 Å². The maximum Gasteiger partial charge on any atom is 0.135 e. The van der Waals surface area contributed by atoms with Crippen LogP contribution in [0.15, 0.2) is 30.3 Å². The molecule has 0 aliphatic rings. The molecular formula is C13H14FN3. The highest BCUT2D eigenvalue weighted by Crippen LogP contribution is 2.11. The first-order valence-corrected chi connectivity index (χ1v) is 5.44. The smallest absolute Gasteiger partial charge is 0.135 e. The van der Waals surface area contributed by atoms with Gasteiger partial charge in [0.15, 0.2) is 0 Å². The van der Waals surface area contributed by atoms with Crippen molar-refractivity contribution >= 4 is 5.82 Å². The van der Waals surface area contributed by atoms with Crippen molar-refractivity contribution in [2.75, 3.05) is 12.4 Å². The van der Waals surface area contributed by atoms with Gasteiger partial charge in [-0.15, -0.1) is 0 Å². The van der Waals surface area contributed by atoms with Gasteiger partial charge in [-0.1, -0.05) is 12.1 Å². The molecule has 0 atom stereocenters. The molecule has 1 aromatic heterocycles. The van der Waals surface area contributed by atoms with Gasteiger partial charge in [-0.3, -0.25) is 0 Å². The van der Waals surface area contributed by atoms with Crippen molar-refractivity contribution in [3.8, 4) is 0 Å². The molecule has 17 heavy (non-hydrogen) atoms. The molecule has 4 heteroatoms. The van der Waals surface area contributed by atoms with Crippen LogP contribution >= 0.6 is 0 Å². The topological polar surface area (TPSA) is 37.8 Å². The second-order valence-electron chi connectivity index (χ2n) is 3.87. The lowest BCUT2D eigenvalue weighted by molar-refractivity contribution is 0.626. The van der Waals surface area contributed by atoms with Gasteiger partial charge in [0.2, 0.25) is 0 Å². The van der Waals surface area contributed by atoms with Crippen LogP contribution in [0.3, 0.4) is 0 Å². The molecule has 0 spiro atoms. The molecule has 2 aromatic rings. The monoisotopic (exact) mass is 231 g/mol. The Balaban J connectivity index is 2.26. The number of nitrogens with zero attached hydrogens (tertiary/aromatic N) is 2. The van der Waals surface area contributed by atoms with E-state index in [1.165, 1.54) is 12.1 Å². The maximum atomic E-state index is 13.0. The summed E-state index contributed by atoms with van der Waals surface area (Å²) in [5.74, 6) is 1.24. The SMILES string of the molecule is CNc1cc(C)nc(Cc2cccc(F)c2)n1. The van der Waals surface area contributed by atoms with E-state index in [0.717, 1.165) is 17.1 Å². The number of benzene rings is 1. The minimum absolute atomic E-state index is 0.232. The lowest BCUT2D eigenvalue weighted by Crippen LogP contribution is -2.02. The number of rotatable bonds is 3. The zero-order chi connectivity index (χ0) is 12.3. The van der Waals surface area contributed by atoms with Crippen molar-refractivity contribution in [2.24, 2.45) is 0 Å². The lowest BCUT2D eigenvalue weighted by atomic mass is 10.1. The Bertz CT molecular complexity index is 526. The summed E-state index contributed by atoms with van der Waals surface area (Å²) in [4.78, 5) is 8.67. The van der Waals surface area contributed by atoms with Crippen LogP contribution in [0, 0.1) is 12.7 Å². The molecule has 0 bridgehead atoms. The molecule has 3 nitrogen and oxygen atoms in total. The molecule has 0 amide bonds. The Kier molecular flexibility index (Phi) is 3.32. The molecule has 0 unspecified atom stereocenters. The van der Waals surface area contributed by atoms with Gasteiger partial charge in [0.25, 0.3) is 0 Å². The Morgan fingerprint density at radius 1 is 1.24 bits per heavy atom. The number of nitrogens with one attached hydrogen (secondary N) is 1. The molecule has 1 N–H and O–H groups in total. The number of anilines is 1. The van der Waals surface area contributed by atoms with E-state index < -0.39 is 0 Å². The van der Waals surface area contributed by atoms with Gasteiger partial charge in [-0.2, -0.15) is 0 Å². The molecule has 0 saturated carbocycles. The minimum atomic E-state index is -0.232. The highest BCUT2D eigenvalue weighted by atomic mass is 19.1. The van der Waals surface area contributed by atoms with Crippen LogP contribution < -0.4 is 5.32 Å². The van der Waals surface area contributed by atoms with E-state index in [1.54, 1.807) is 6.07 Å². The zero-order valence-electron chi connectivity index (χ0n) is 9.87. The van der Waals surface area contributed by atoms with Crippen molar-refractivity contribution in [2.45, 2.75) is 13.3 Å². The fourth-order valence-electron chi connectivity index (χ4n) is 1.67. The molecule has 0 saturated heterocycles. The predicted molar refractivity (Wildman–Crippen MR) is 65.5 cm³/mol.